The highest BCUT2D eigenvalue weighted by Crippen LogP contribution is 2.20. The Kier molecular flexibility index (Phi) is 6.84. The van der Waals surface area contributed by atoms with Gasteiger partial charge in [0, 0.05) is 13.1 Å². The van der Waals surface area contributed by atoms with Crippen molar-refractivity contribution in [3.8, 4) is 5.75 Å². The number of hydrogen-bond donors (Lipinski definition) is 2. The van der Waals surface area contributed by atoms with Crippen molar-refractivity contribution < 1.29 is 9.84 Å². The number of likely N-dealkylation sites (N-methyl/N-ethyl adjacent to an activating group) is 1. The molecule has 0 aliphatic rings. The summed E-state index contributed by atoms with van der Waals surface area (Å²) in [6, 6.07) is 7.86. The van der Waals surface area contributed by atoms with Gasteiger partial charge in [0.25, 0.3) is 0 Å². The summed E-state index contributed by atoms with van der Waals surface area (Å²) >= 11 is 0. The number of benzene rings is 1. The molecule has 0 aromatic heterocycles. The summed E-state index contributed by atoms with van der Waals surface area (Å²) < 4.78 is 5.67. The Labute approximate surface area is 116 Å². The molecule has 108 valence electrons. The van der Waals surface area contributed by atoms with Crippen LogP contribution in [0.3, 0.4) is 0 Å². The molecule has 19 heavy (non-hydrogen) atoms. The van der Waals surface area contributed by atoms with Gasteiger partial charge in [0.05, 0.1) is 18.8 Å². The second-order valence-corrected chi connectivity index (χ2v) is 5.23. The quantitative estimate of drug-likeness (QED) is 0.751. The van der Waals surface area contributed by atoms with Crippen LogP contribution in [0.25, 0.3) is 0 Å². The minimum atomic E-state index is -0.0457. The minimum absolute atomic E-state index is 0.0457. The van der Waals surface area contributed by atoms with Crippen LogP contribution in [0, 0.1) is 0 Å². The van der Waals surface area contributed by atoms with Gasteiger partial charge in [-0.05, 0) is 45.6 Å². The number of nitrogens with one attached hydrogen (secondary N) is 1. The summed E-state index contributed by atoms with van der Waals surface area (Å²) in [5.74, 6) is 0.848. The molecule has 0 heterocycles. The molecule has 0 fully saturated rings. The number of rotatable bonds is 8. The maximum absolute atomic E-state index is 9.50. The van der Waals surface area contributed by atoms with E-state index < -0.39 is 0 Å². The molecule has 0 aliphatic carbocycles. The van der Waals surface area contributed by atoms with Gasteiger partial charge in [0.2, 0.25) is 0 Å². The Bertz CT molecular complexity index is 367. The average molecular weight is 266 g/mol. The van der Waals surface area contributed by atoms with Crippen LogP contribution >= 0.6 is 0 Å². The van der Waals surface area contributed by atoms with Crippen molar-refractivity contribution in [1.82, 2.24) is 10.2 Å². The van der Waals surface area contributed by atoms with E-state index in [0.717, 1.165) is 24.4 Å². The van der Waals surface area contributed by atoms with E-state index in [9.17, 15) is 5.11 Å². The molecule has 0 saturated carbocycles. The van der Waals surface area contributed by atoms with Gasteiger partial charge in [-0.15, -0.1) is 0 Å². The highest BCUT2D eigenvalue weighted by atomic mass is 16.5. The van der Waals surface area contributed by atoms with E-state index >= 15 is 0 Å². The summed E-state index contributed by atoms with van der Waals surface area (Å²) in [5.41, 5.74) is 1.06. The molecule has 0 bridgehead atoms. The predicted octanol–water partition coefficient (Wildman–Crippen LogP) is 1.66. The molecule has 1 rings (SSSR count). The Morgan fingerprint density at radius 3 is 2.63 bits per heavy atom. The molecule has 4 nitrogen and oxygen atoms in total. The Hall–Kier alpha value is -1.10. The fourth-order valence-corrected chi connectivity index (χ4v) is 1.83. The van der Waals surface area contributed by atoms with E-state index in [1.807, 2.05) is 52.2 Å². The van der Waals surface area contributed by atoms with Crippen molar-refractivity contribution in [3.63, 3.8) is 0 Å². The first-order valence-corrected chi connectivity index (χ1v) is 6.78. The number of aliphatic hydroxyl groups is 1. The van der Waals surface area contributed by atoms with Gasteiger partial charge in [-0.1, -0.05) is 12.1 Å². The van der Waals surface area contributed by atoms with Gasteiger partial charge in [-0.3, -0.25) is 0 Å². The zero-order valence-electron chi connectivity index (χ0n) is 12.4. The van der Waals surface area contributed by atoms with E-state index in [1.165, 1.54) is 0 Å². The lowest BCUT2D eigenvalue weighted by molar-refractivity contribution is 0.234. The van der Waals surface area contributed by atoms with Gasteiger partial charge in [0.1, 0.15) is 5.75 Å². The molecular formula is C15H26N2O2. The van der Waals surface area contributed by atoms with Crippen LogP contribution in [0.15, 0.2) is 24.3 Å². The standard InChI is InChI=1S/C15H26N2O2/c1-12(2)19-14-7-5-6-13(10-14)15(11-18)16-8-9-17(3)4/h5-7,10,12,15-16,18H,8-9,11H2,1-4H3. The van der Waals surface area contributed by atoms with Crippen molar-refractivity contribution in [3.05, 3.63) is 29.8 Å². The molecule has 0 saturated heterocycles. The monoisotopic (exact) mass is 266 g/mol. The maximum Gasteiger partial charge on any atom is 0.120 e. The van der Waals surface area contributed by atoms with Crippen molar-refractivity contribution >= 4 is 0 Å². The Morgan fingerprint density at radius 1 is 1.32 bits per heavy atom. The first kappa shape index (κ1) is 16.0. The largest absolute Gasteiger partial charge is 0.491 e. The van der Waals surface area contributed by atoms with E-state index in [2.05, 4.69) is 10.2 Å². The highest BCUT2D eigenvalue weighted by Gasteiger charge is 2.10. The van der Waals surface area contributed by atoms with Crippen molar-refractivity contribution in [1.29, 1.82) is 0 Å². The van der Waals surface area contributed by atoms with E-state index in [0.29, 0.717) is 0 Å². The molecule has 0 aliphatic heterocycles. The Balaban J connectivity index is 2.64. The lowest BCUT2D eigenvalue weighted by atomic mass is 10.1. The zero-order chi connectivity index (χ0) is 14.3. The van der Waals surface area contributed by atoms with E-state index in [1.54, 1.807) is 0 Å². The van der Waals surface area contributed by atoms with Crippen molar-refractivity contribution in [2.75, 3.05) is 33.8 Å². The summed E-state index contributed by atoms with van der Waals surface area (Å²) in [6.45, 7) is 5.88. The number of aliphatic hydroxyl groups excluding tert-OH is 1. The van der Waals surface area contributed by atoms with Gasteiger partial charge in [-0.25, -0.2) is 0 Å². The molecular weight excluding hydrogens is 240 g/mol. The van der Waals surface area contributed by atoms with Gasteiger partial charge in [0.15, 0.2) is 0 Å². The maximum atomic E-state index is 9.50. The molecule has 0 amide bonds. The van der Waals surface area contributed by atoms with Crippen LogP contribution in [0.5, 0.6) is 5.75 Å². The predicted molar refractivity (Wildman–Crippen MR) is 78.6 cm³/mol. The summed E-state index contributed by atoms with van der Waals surface area (Å²) in [6.07, 6.45) is 0.157. The van der Waals surface area contributed by atoms with E-state index in [4.69, 9.17) is 4.74 Å². The van der Waals surface area contributed by atoms with Crippen LogP contribution in [0.2, 0.25) is 0 Å². The molecule has 4 heteroatoms. The fourth-order valence-electron chi connectivity index (χ4n) is 1.83. The fraction of sp³-hybridized carbons (Fsp3) is 0.600. The number of hydrogen-bond acceptors (Lipinski definition) is 4. The molecule has 1 aromatic carbocycles. The van der Waals surface area contributed by atoms with Gasteiger partial charge >= 0.3 is 0 Å². The third-order valence-electron chi connectivity index (χ3n) is 2.76. The van der Waals surface area contributed by atoms with Crippen LogP contribution in [0.4, 0.5) is 0 Å². The third-order valence-corrected chi connectivity index (χ3v) is 2.76. The van der Waals surface area contributed by atoms with Gasteiger partial charge < -0.3 is 20.1 Å². The second-order valence-electron chi connectivity index (χ2n) is 5.23. The zero-order valence-corrected chi connectivity index (χ0v) is 12.4. The average Bonchev–Trinajstić information content (AvgIpc) is 2.34. The molecule has 2 N–H and O–H groups in total. The highest BCUT2D eigenvalue weighted by molar-refractivity contribution is 5.30. The molecule has 1 atom stereocenters. The van der Waals surface area contributed by atoms with Crippen molar-refractivity contribution in [2.24, 2.45) is 0 Å². The summed E-state index contributed by atoms with van der Waals surface area (Å²) in [7, 11) is 4.07. The lowest BCUT2D eigenvalue weighted by Gasteiger charge is -2.19. The normalized spacial score (nSPS) is 13.0. The first-order chi connectivity index (χ1) is 9.02. The summed E-state index contributed by atoms with van der Waals surface area (Å²) in [4.78, 5) is 2.11. The lowest BCUT2D eigenvalue weighted by Crippen LogP contribution is -2.31. The third kappa shape index (κ3) is 6.05. The summed E-state index contributed by atoms with van der Waals surface area (Å²) in [5, 5.41) is 12.9. The van der Waals surface area contributed by atoms with Crippen LogP contribution in [-0.2, 0) is 0 Å². The molecule has 0 radical (unpaired) electrons. The van der Waals surface area contributed by atoms with Crippen LogP contribution < -0.4 is 10.1 Å². The second kappa shape index (κ2) is 8.15. The number of nitrogens with zero attached hydrogens (tertiary/aromatic N) is 1. The van der Waals surface area contributed by atoms with Crippen LogP contribution in [-0.4, -0.2) is 49.9 Å². The number of ether oxygens (including phenoxy) is 1. The SMILES string of the molecule is CC(C)Oc1cccc(C(CO)NCCN(C)C)c1. The van der Waals surface area contributed by atoms with E-state index in [-0.39, 0.29) is 18.8 Å². The Morgan fingerprint density at radius 2 is 2.05 bits per heavy atom. The van der Waals surface area contributed by atoms with Gasteiger partial charge in [-0.2, -0.15) is 0 Å². The smallest absolute Gasteiger partial charge is 0.120 e. The van der Waals surface area contributed by atoms with Crippen molar-refractivity contribution in [2.45, 2.75) is 26.0 Å². The molecule has 1 aromatic rings. The molecule has 0 spiro atoms. The first-order valence-electron chi connectivity index (χ1n) is 6.78. The van der Waals surface area contributed by atoms with Crippen LogP contribution in [0.1, 0.15) is 25.5 Å². The topological polar surface area (TPSA) is 44.7 Å². The minimum Gasteiger partial charge on any atom is -0.491 e. The molecule has 1 unspecified atom stereocenters.